The lowest BCUT2D eigenvalue weighted by molar-refractivity contribution is -0.124. The molecule has 2 unspecified atom stereocenters. The molecule has 0 aromatic carbocycles. The van der Waals surface area contributed by atoms with Gasteiger partial charge in [0, 0.05) is 18.6 Å². The Hall–Kier alpha value is -0.610. The maximum absolute atomic E-state index is 11.8. The molecule has 2 rings (SSSR count). The zero-order valence-electron chi connectivity index (χ0n) is 14.0. The van der Waals surface area contributed by atoms with Gasteiger partial charge >= 0.3 is 0 Å². The number of hydrogen-bond donors (Lipinski definition) is 2. The van der Waals surface area contributed by atoms with Crippen molar-refractivity contribution in [3.8, 4) is 0 Å². The van der Waals surface area contributed by atoms with E-state index in [9.17, 15) is 4.79 Å². The maximum Gasteiger partial charge on any atom is 0.237 e. The van der Waals surface area contributed by atoms with Gasteiger partial charge in [-0.15, -0.1) is 0 Å². The molecule has 4 heteroatoms. The molecule has 2 fully saturated rings. The van der Waals surface area contributed by atoms with Crippen LogP contribution in [0.25, 0.3) is 0 Å². The molecule has 1 aliphatic heterocycles. The van der Waals surface area contributed by atoms with Gasteiger partial charge in [-0.2, -0.15) is 0 Å². The van der Waals surface area contributed by atoms with Crippen LogP contribution >= 0.6 is 0 Å². The van der Waals surface area contributed by atoms with Crippen LogP contribution in [-0.4, -0.2) is 41.5 Å². The lowest BCUT2D eigenvalue weighted by Crippen LogP contribution is -2.57. The number of hydrogen-bond acceptors (Lipinski definition) is 3. The number of carbonyl (C=O) groups excluding carboxylic acids is 1. The van der Waals surface area contributed by atoms with Crippen LogP contribution in [0.15, 0.2) is 0 Å². The number of nitrogens with one attached hydrogen (secondary N) is 1. The first-order chi connectivity index (χ1) is 9.92. The van der Waals surface area contributed by atoms with Crippen LogP contribution in [0.5, 0.6) is 0 Å². The number of rotatable bonds is 7. The molecule has 122 valence electrons. The van der Waals surface area contributed by atoms with Gasteiger partial charge in [-0.25, -0.2) is 0 Å². The molecule has 0 radical (unpaired) electrons. The van der Waals surface area contributed by atoms with E-state index < -0.39 is 5.54 Å². The first-order valence-electron chi connectivity index (χ1n) is 8.74. The average molecular weight is 295 g/mol. The molecular weight excluding hydrogens is 262 g/mol. The first kappa shape index (κ1) is 16.8. The quantitative estimate of drug-likeness (QED) is 0.757. The Bertz CT molecular complexity index is 352. The molecule has 1 heterocycles. The molecule has 1 saturated heterocycles. The molecule has 1 amide bonds. The summed E-state index contributed by atoms with van der Waals surface area (Å²) >= 11 is 0. The van der Waals surface area contributed by atoms with Crippen molar-refractivity contribution in [2.24, 2.45) is 11.7 Å². The third kappa shape index (κ3) is 4.19. The number of primary amides is 1. The highest BCUT2D eigenvalue weighted by Crippen LogP contribution is 2.35. The van der Waals surface area contributed by atoms with E-state index >= 15 is 0 Å². The largest absolute Gasteiger partial charge is 0.368 e. The summed E-state index contributed by atoms with van der Waals surface area (Å²) in [6.07, 6.45) is 9.08. The summed E-state index contributed by atoms with van der Waals surface area (Å²) in [5.41, 5.74) is 5.05. The number of amides is 1. The number of nitrogens with zero attached hydrogens (tertiary/aromatic N) is 1. The van der Waals surface area contributed by atoms with E-state index in [0.29, 0.717) is 0 Å². The molecule has 0 spiro atoms. The zero-order chi connectivity index (χ0) is 15.5. The SMILES string of the molecule is CC(C)NC(C)(CCN1CCCC1C1CCCC1)C(N)=O. The van der Waals surface area contributed by atoms with Gasteiger partial charge in [-0.05, 0) is 65.3 Å². The van der Waals surface area contributed by atoms with Gasteiger partial charge in [0.15, 0.2) is 0 Å². The van der Waals surface area contributed by atoms with Gasteiger partial charge in [-0.3, -0.25) is 4.79 Å². The molecule has 3 N–H and O–H groups in total. The summed E-state index contributed by atoms with van der Waals surface area (Å²) in [6.45, 7) is 8.27. The van der Waals surface area contributed by atoms with Gasteiger partial charge in [-0.1, -0.05) is 12.8 Å². The van der Waals surface area contributed by atoms with E-state index in [1.165, 1.54) is 45.1 Å². The topological polar surface area (TPSA) is 58.4 Å². The smallest absolute Gasteiger partial charge is 0.237 e. The highest BCUT2D eigenvalue weighted by molar-refractivity contribution is 5.84. The minimum atomic E-state index is -0.586. The molecular formula is C17H33N3O. The van der Waals surface area contributed by atoms with Crippen LogP contribution in [0.3, 0.4) is 0 Å². The predicted octanol–water partition coefficient (Wildman–Crippen LogP) is 2.27. The molecule has 0 bridgehead atoms. The van der Waals surface area contributed by atoms with Gasteiger partial charge in [0.1, 0.15) is 0 Å². The molecule has 2 atom stereocenters. The van der Waals surface area contributed by atoms with Crippen LogP contribution in [0.2, 0.25) is 0 Å². The van der Waals surface area contributed by atoms with E-state index in [2.05, 4.69) is 24.1 Å². The lowest BCUT2D eigenvalue weighted by atomic mass is 9.93. The molecule has 0 aromatic heterocycles. The van der Waals surface area contributed by atoms with Gasteiger partial charge in [0.05, 0.1) is 5.54 Å². The standard InChI is InChI=1S/C17H33N3O/c1-13(2)19-17(3,16(18)21)10-12-20-11-6-9-15(20)14-7-4-5-8-14/h13-15,19H,4-12H2,1-3H3,(H2,18,21). The third-order valence-electron chi connectivity index (χ3n) is 5.41. The van der Waals surface area contributed by atoms with Crippen molar-refractivity contribution in [1.29, 1.82) is 0 Å². The highest BCUT2D eigenvalue weighted by Gasteiger charge is 2.36. The van der Waals surface area contributed by atoms with Crippen molar-refractivity contribution >= 4 is 5.91 Å². The van der Waals surface area contributed by atoms with Gasteiger partial charge in [0.25, 0.3) is 0 Å². The normalized spacial score (nSPS) is 27.3. The summed E-state index contributed by atoms with van der Waals surface area (Å²) in [6, 6.07) is 1.02. The summed E-state index contributed by atoms with van der Waals surface area (Å²) in [4.78, 5) is 14.5. The number of carbonyl (C=O) groups is 1. The van der Waals surface area contributed by atoms with Crippen molar-refractivity contribution in [3.63, 3.8) is 0 Å². The maximum atomic E-state index is 11.8. The van der Waals surface area contributed by atoms with E-state index in [1.807, 2.05) is 6.92 Å². The van der Waals surface area contributed by atoms with Crippen LogP contribution in [0.1, 0.15) is 65.7 Å². The van der Waals surface area contributed by atoms with Crippen LogP contribution in [0.4, 0.5) is 0 Å². The predicted molar refractivity (Wildman–Crippen MR) is 87.0 cm³/mol. The van der Waals surface area contributed by atoms with Crippen molar-refractivity contribution in [2.45, 2.75) is 83.3 Å². The van der Waals surface area contributed by atoms with Crippen molar-refractivity contribution in [2.75, 3.05) is 13.1 Å². The Kier molecular flexibility index (Phi) is 5.67. The van der Waals surface area contributed by atoms with Crippen molar-refractivity contribution < 1.29 is 4.79 Å². The van der Waals surface area contributed by atoms with E-state index in [1.54, 1.807) is 0 Å². The van der Waals surface area contributed by atoms with E-state index in [0.717, 1.165) is 24.9 Å². The van der Waals surface area contributed by atoms with Crippen molar-refractivity contribution in [3.05, 3.63) is 0 Å². The number of nitrogens with two attached hydrogens (primary N) is 1. The Balaban J connectivity index is 1.91. The fourth-order valence-electron chi connectivity index (χ4n) is 4.28. The minimum Gasteiger partial charge on any atom is -0.368 e. The Morgan fingerprint density at radius 3 is 2.52 bits per heavy atom. The van der Waals surface area contributed by atoms with Crippen LogP contribution < -0.4 is 11.1 Å². The fourth-order valence-corrected chi connectivity index (χ4v) is 4.28. The Morgan fingerprint density at radius 2 is 1.95 bits per heavy atom. The summed E-state index contributed by atoms with van der Waals surface area (Å²) in [5.74, 6) is 0.665. The van der Waals surface area contributed by atoms with E-state index in [4.69, 9.17) is 5.73 Å². The number of likely N-dealkylation sites (tertiary alicyclic amines) is 1. The Labute approximate surface area is 129 Å². The van der Waals surface area contributed by atoms with Crippen LogP contribution in [-0.2, 0) is 4.79 Å². The summed E-state index contributed by atoms with van der Waals surface area (Å²) in [5, 5.41) is 3.36. The van der Waals surface area contributed by atoms with E-state index in [-0.39, 0.29) is 11.9 Å². The highest BCUT2D eigenvalue weighted by atomic mass is 16.1. The van der Waals surface area contributed by atoms with Gasteiger partial charge in [0.2, 0.25) is 5.91 Å². The lowest BCUT2D eigenvalue weighted by Gasteiger charge is -2.34. The summed E-state index contributed by atoms with van der Waals surface area (Å²) in [7, 11) is 0. The van der Waals surface area contributed by atoms with Crippen molar-refractivity contribution in [1.82, 2.24) is 10.2 Å². The first-order valence-corrected chi connectivity index (χ1v) is 8.74. The second kappa shape index (κ2) is 7.10. The monoisotopic (exact) mass is 295 g/mol. The van der Waals surface area contributed by atoms with Crippen LogP contribution in [0, 0.1) is 5.92 Å². The zero-order valence-corrected chi connectivity index (χ0v) is 14.0. The van der Waals surface area contributed by atoms with Gasteiger partial charge < -0.3 is 16.0 Å². The molecule has 0 aromatic rings. The fraction of sp³-hybridized carbons (Fsp3) is 0.941. The molecule has 1 aliphatic carbocycles. The average Bonchev–Trinajstić information content (AvgIpc) is 3.06. The Morgan fingerprint density at radius 1 is 1.29 bits per heavy atom. The molecule has 2 aliphatic rings. The molecule has 21 heavy (non-hydrogen) atoms. The second-order valence-corrected chi connectivity index (χ2v) is 7.54. The summed E-state index contributed by atoms with van der Waals surface area (Å²) < 4.78 is 0. The third-order valence-corrected chi connectivity index (χ3v) is 5.41. The minimum absolute atomic E-state index is 0.229. The molecule has 4 nitrogen and oxygen atoms in total. The molecule has 1 saturated carbocycles. The second-order valence-electron chi connectivity index (χ2n) is 7.54.